The van der Waals surface area contributed by atoms with Crippen molar-refractivity contribution in [1.29, 1.82) is 0 Å². The van der Waals surface area contributed by atoms with Crippen molar-refractivity contribution in [1.82, 2.24) is 4.57 Å². The number of ether oxygens (including phenoxy) is 5. The number of hydrogen-bond acceptors (Lipinski definition) is 9. The molecule has 5 rings (SSSR count). The third kappa shape index (κ3) is 7.55. The largest absolute Gasteiger partial charge is 0.493 e. The van der Waals surface area contributed by atoms with E-state index in [1.54, 1.807) is 43.7 Å². The van der Waals surface area contributed by atoms with E-state index < -0.39 is 12.0 Å². The Morgan fingerprint density at radius 2 is 1.72 bits per heavy atom. The lowest BCUT2D eigenvalue weighted by Crippen LogP contribution is -2.40. The van der Waals surface area contributed by atoms with Gasteiger partial charge in [-0.2, -0.15) is 0 Å². The van der Waals surface area contributed by atoms with Gasteiger partial charge in [0.2, 0.25) is 0 Å². The standard InChI is InChI=1S/C36H37ClN2O7S/c1-7-43-30-17-24(11-15-27(30)45-20-23-9-13-26(37)14-10-23)18-31-34(40)39-33(25-12-16-28(46-21(3)4)29(19-25)42-6)32(35(41)44-8-2)22(5)38-36(39)47-31/h9-19,21,33H,7-8,20H2,1-6H3/b31-18-/t33-/m1/s1. The molecule has 0 amide bonds. The van der Waals surface area contributed by atoms with Crippen molar-refractivity contribution < 1.29 is 28.5 Å². The maximum atomic E-state index is 14.1. The Labute approximate surface area is 282 Å². The van der Waals surface area contributed by atoms with E-state index in [-0.39, 0.29) is 23.8 Å². The van der Waals surface area contributed by atoms with Crippen LogP contribution in [0.2, 0.25) is 5.02 Å². The summed E-state index contributed by atoms with van der Waals surface area (Å²) in [6.07, 6.45) is 1.72. The van der Waals surface area contributed by atoms with Crippen LogP contribution in [0.15, 0.2) is 81.7 Å². The van der Waals surface area contributed by atoms with E-state index >= 15 is 0 Å². The summed E-state index contributed by atoms with van der Waals surface area (Å²) in [4.78, 5) is 32.6. The quantitative estimate of drug-likeness (QED) is 0.164. The highest BCUT2D eigenvalue weighted by Crippen LogP contribution is 2.37. The third-order valence-electron chi connectivity index (χ3n) is 7.26. The molecule has 0 N–H and O–H groups in total. The van der Waals surface area contributed by atoms with Gasteiger partial charge < -0.3 is 23.7 Å². The zero-order chi connectivity index (χ0) is 33.7. The average Bonchev–Trinajstić information content (AvgIpc) is 3.34. The molecule has 0 aliphatic carbocycles. The summed E-state index contributed by atoms with van der Waals surface area (Å²) in [7, 11) is 1.55. The van der Waals surface area contributed by atoms with Crippen molar-refractivity contribution in [3.63, 3.8) is 0 Å². The predicted molar refractivity (Wildman–Crippen MR) is 183 cm³/mol. The SMILES string of the molecule is CCOC(=O)C1=C(C)N=c2s/c(=C\c3ccc(OCc4ccc(Cl)cc4)c(OCC)c3)c(=O)n2[C@@H]1c1ccc(OC(C)C)c(OC)c1. The molecule has 1 aliphatic rings. The fourth-order valence-corrected chi connectivity index (χ4v) is 6.38. The van der Waals surface area contributed by atoms with Gasteiger partial charge in [0.05, 0.1) is 48.3 Å². The van der Waals surface area contributed by atoms with Gasteiger partial charge in [0.1, 0.15) is 6.61 Å². The Morgan fingerprint density at radius 3 is 2.40 bits per heavy atom. The number of halogens is 1. The van der Waals surface area contributed by atoms with Gasteiger partial charge in [-0.05, 0) is 93.8 Å². The van der Waals surface area contributed by atoms with Crippen LogP contribution < -0.4 is 33.8 Å². The first-order chi connectivity index (χ1) is 22.6. The van der Waals surface area contributed by atoms with E-state index in [4.69, 9.17) is 35.3 Å². The molecule has 0 saturated carbocycles. The minimum Gasteiger partial charge on any atom is -0.493 e. The van der Waals surface area contributed by atoms with Gasteiger partial charge in [0, 0.05) is 5.02 Å². The van der Waals surface area contributed by atoms with Gasteiger partial charge in [0.25, 0.3) is 5.56 Å². The minimum atomic E-state index is -0.794. The number of nitrogens with zero attached hydrogens (tertiary/aromatic N) is 2. The topological polar surface area (TPSA) is 97.6 Å². The van der Waals surface area contributed by atoms with Crippen molar-refractivity contribution >= 4 is 35.0 Å². The Hall–Kier alpha value is -4.54. The van der Waals surface area contributed by atoms with E-state index in [9.17, 15) is 9.59 Å². The Balaban J connectivity index is 1.57. The van der Waals surface area contributed by atoms with Crippen molar-refractivity contribution in [3.8, 4) is 23.0 Å². The summed E-state index contributed by atoms with van der Waals surface area (Å²) < 4.78 is 30.9. The first-order valence-electron chi connectivity index (χ1n) is 15.3. The van der Waals surface area contributed by atoms with Crippen molar-refractivity contribution in [2.75, 3.05) is 20.3 Å². The van der Waals surface area contributed by atoms with Crippen molar-refractivity contribution in [3.05, 3.63) is 113 Å². The summed E-state index contributed by atoms with van der Waals surface area (Å²) in [5.74, 6) is 1.64. The Kier molecular flexibility index (Phi) is 10.7. The molecule has 2 heterocycles. The Bertz CT molecular complexity index is 1980. The molecule has 47 heavy (non-hydrogen) atoms. The fourth-order valence-electron chi connectivity index (χ4n) is 5.21. The normalized spacial score (nSPS) is 14.5. The molecule has 1 aromatic heterocycles. The minimum absolute atomic E-state index is 0.0722. The lowest BCUT2D eigenvalue weighted by atomic mass is 9.95. The second-order valence-corrected chi connectivity index (χ2v) is 12.4. The first-order valence-corrected chi connectivity index (χ1v) is 16.5. The molecule has 0 saturated heterocycles. The molecule has 0 fully saturated rings. The van der Waals surface area contributed by atoms with Gasteiger partial charge in [-0.3, -0.25) is 9.36 Å². The van der Waals surface area contributed by atoms with Gasteiger partial charge >= 0.3 is 5.97 Å². The fraction of sp³-hybridized carbons (Fsp3) is 0.306. The van der Waals surface area contributed by atoms with E-state index in [2.05, 4.69) is 4.99 Å². The molecule has 9 nitrogen and oxygen atoms in total. The van der Waals surface area contributed by atoms with E-state index in [1.165, 1.54) is 11.3 Å². The van der Waals surface area contributed by atoms with Crippen LogP contribution in [0.25, 0.3) is 6.08 Å². The number of benzene rings is 3. The van der Waals surface area contributed by atoms with Crippen LogP contribution in [0, 0.1) is 0 Å². The maximum Gasteiger partial charge on any atom is 0.338 e. The van der Waals surface area contributed by atoms with E-state index in [0.29, 0.717) is 61.8 Å². The number of rotatable bonds is 12. The molecule has 11 heteroatoms. The molecular weight excluding hydrogens is 640 g/mol. The third-order valence-corrected chi connectivity index (χ3v) is 8.49. The molecule has 3 aromatic carbocycles. The van der Waals surface area contributed by atoms with Crippen molar-refractivity contribution in [2.45, 2.75) is 53.4 Å². The van der Waals surface area contributed by atoms with Gasteiger partial charge in [-0.15, -0.1) is 0 Å². The molecule has 246 valence electrons. The van der Waals surface area contributed by atoms with Crippen LogP contribution in [0.4, 0.5) is 0 Å². The molecule has 0 unspecified atom stereocenters. The highest BCUT2D eigenvalue weighted by Gasteiger charge is 2.34. The number of carbonyl (C=O) groups excluding carboxylic acids is 1. The molecule has 0 bridgehead atoms. The lowest BCUT2D eigenvalue weighted by molar-refractivity contribution is -0.139. The number of methoxy groups -OCH3 is 1. The van der Waals surface area contributed by atoms with Crippen LogP contribution >= 0.6 is 22.9 Å². The summed E-state index contributed by atoms with van der Waals surface area (Å²) in [6.45, 7) is 10.2. The summed E-state index contributed by atoms with van der Waals surface area (Å²) >= 11 is 7.25. The zero-order valence-corrected chi connectivity index (χ0v) is 28.7. The number of aromatic nitrogens is 1. The molecule has 4 aromatic rings. The van der Waals surface area contributed by atoms with E-state index in [0.717, 1.165) is 11.1 Å². The van der Waals surface area contributed by atoms with Crippen LogP contribution in [-0.2, 0) is 16.1 Å². The number of carbonyl (C=O) groups is 1. The van der Waals surface area contributed by atoms with Crippen LogP contribution in [0.3, 0.4) is 0 Å². The van der Waals surface area contributed by atoms with E-state index in [1.807, 2.05) is 69.3 Å². The summed E-state index contributed by atoms with van der Waals surface area (Å²) in [5, 5.41) is 0.658. The second-order valence-electron chi connectivity index (χ2n) is 10.9. The number of allylic oxidation sites excluding steroid dienone is 1. The smallest absolute Gasteiger partial charge is 0.338 e. The van der Waals surface area contributed by atoms with Gasteiger partial charge in [-0.1, -0.05) is 47.2 Å². The maximum absolute atomic E-state index is 14.1. The van der Waals surface area contributed by atoms with Crippen molar-refractivity contribution in [2.24, 2.45) is 4.99 Å². The average molecular weight is 677 g/mol. The number of thiazole rings is 1. The molecule has 1 atom stereocenters. The lowest BCUT2D eigenvalue weighted by Gasteiger charge is -2.25. The highest BCUT2D eigenvalue weighted by molar-refractivity contribution is 7.07. The van der Waals surface area contributed by atoms with Gasteiger partial charge in [-0.25, -0.2) is 9.79 Å². The molecule has 1 aliphatic heterocycles. The number of esters is 1. The monoisotopic (exact) mass is 676 g/mol. The molecule has 0 spiro atoms. The summed E-state index contributed by atoms with van der Waals surface area (Å²) in [5.41, 5.74) is 2.83. The first kappa shape index (κ1) is 33.8. The Morgan fingerprint density at radius 1 is 0.979 bits per heavy atom. The zero-order valence-electron chi connectivity index (χ0n) is 27.2. The van der Waals surface area contributed by atoms with Gasteiger partial charge in [0.15, 0.2) is 27.8 Å². The second kappa shape index (κ2) is 14.9. The molecule has 0 radical (unpaired) electrons. The van der Waals surface area contributed by atoms with Crippen LogP contribution in [0.1, 0.15) is 57.4 Å². The highest BCUT2D eigenvalue weighted by atomic mass is 35.5. The predicted octanol–water partition coefficient (Wildman–Crippen LogP) is 6.23. The van der Waals surface area contributed by atoms with Crippen LogP contribution in [0.5, 0.6) is 23.0 Å². The number of hydrogen-bond donors (Lipinski definition) is 0. The molecular formula is C36H37ClN2O7S. The number of fused-ring (bicyclic) bond motifs is 1. The van der Waals surface area contributed by atoms with Crippen LogP contribution in [-0.4, -0.2) is 37.0 Å². The summed E-state index contributed by atoms with van der Waals surface area (Å²) in [6, 6.07) is 17.6.